The molecule has 1 N–H and O–H groups in total. The van der Waals surface area contributed by atoms with Crippen LogP contribution in [0.1, 0.15) is 5.76 Å². The van der Waals surface area contributed by atoms with Crippen molar-refractivity contribution in [2.75, 3.05) is 5.32 Å². The van der Waals surface area contributed by atoms with E-state index in [0.717, 1.165) is 15.9 Å². The van der Waals surface area contributed by atoms with Gasteiger partial charge in [-0.25, -0.2) is 0 Å². The van der Waals surface area contributed by atoms with Crippen LogP contribution in [0.5, 0.6) is 0 Å². The molecule has 0 aliphatic rings. The van der Waals surface area contributed by atoms with Gasteiger partial charge in [0.1, 0.15) is 5.76 Å². The minimum absolute atomic E-state index is 0.395. The number of anilines is 1. The highest BCUT2D eigenvalue weighted by Crippen LogP contribution is 2.26. The van der Waals surface area contributed by atoms with E-state index < -0.39 is 0 Å². The summed E-state index contributed by atoms with van der Waals surface area (Å²) in [6.07, 6.45) is 0. The second kappa shape index (κ2) is 5.13. The highest BCUT2D eigenvalue weighted by Gasteiger charge is 2.02. The summed E-state index contributed by atoms with van der Waals surface area (Å²) in [6.45, 7) is 0.576. The lowest BCUT2D eigenvalue weighted by Crippen LogP contribution is -1.98. The highest BCUT2D eigenvalue weighted by molar-refractivity contribution is 9.10. The maximum atomic E-state index is 5.84. The van der Waals surface area contributed by atoms with E-state index in [1.807, 2.05) is 24.3 Å². The molecule has 2 aromatic rings. The fourth-order valence-electron chi connectivity index (χ4n) is 1.26. The summed E-state index contributed by atoms with van der Waals surface area (Å²) >= 11 is 14.9. The van der Waals surface area contributed by atoms with Crippen LogP contribution >= 0.6 is 39.1 Å². The third-order valence-corrected chi connectivity index (χ3v) is 3.11. The van der Waals surface area contributed by atoms with E-state index in [2.05, 4.69) is 21.2 Å². The average molecular weight is 321 g/mol. The molecule has 0 radical (unpaired) electrons. The molecule has 0 aliphatic heterocycles. The van der Waals surface area contributed by atoms with E-state index in [1.54, 1.807) is 6.07 Å². The Labute approximate surface area is 112 Å². The molecule has 0 aliphatic carbocycles. The summed E-state index contributed by atoms with van der Waals surface area (Å²) < 4.78 is 6.14. The van der Waals surface area contributed by atoms with Gasteiger partial charge in [0.05, 0.1) is 6.54 Å². The Morgan fingerprint density at radius 2 is 2.00 bits per heavy atom. The third kappa shape index (κ3) is 2.94. The minimum atomic E-state index is 0.395. The topological polar surface area (TPSA) is 25.2 Å². The smallest absolute Gasteiger partial charge is 0.193 e. The first-order valence-corrected chi connectivity index (χ1v) is 6.13. The van der Waals surface area contributed by atoms with Gasteiger partial charge >= 0.3 is 0 Å². The first-order chi connectivity index (χ1) is 7.65. The number of furan rings is 1. The summed E-state index contributed by atoms with van der Waals surface area (Å²) in [7, 11) is 0. The molecule has 2 nitrogen and oxygen atoms in total. The van der Waals surface area contributed by atoms with E-state index in [-0.39, 0.29) is 0 Å². The molecule has 1 heterocycles. The fraction of sp³-hybridized carbons (Fsp3) is 0.0909. The number of hydrogen-bond donors (Lipinski definition) is 1. The molecule has 5 heteroatoms. The van der Waals surface area contributed by atoms with Gasteiger partial charge in [0.15, 0.2) is 5.22 Å². The largest absolute Gasteiger partial charge is 0.448 e. The molecule has 0 spiro atoms. The van der Waals surface area contributed by atoms with E-state index >= 15 is 0 Å². The highest BCUT2D eigenvalue weighted by atomic mass is 79.9. The van der Waals surface area contributed by atoms with Gasteiger partial charge in [-0.15, -0.1) is 0 Å². The van der Waals surface area contributed by atoms with Crippen LogP contribution < -0.4 is 5.32 Å². The summed E-state index contributed by atoms with van der Waals surface area (Å²) in [6, 6.07) is 9.11. The van der Waals surface area contributed by atoms with E-state index in [4.69, 9.17) is 27.6 Å². The number of nitrogens with one attached hydrogen (secondary N) is 1. The Bertz CT molecular complexity index is 498. The van der Waals surface area contributed by atoms with Gasteiger partial charge < -0.3 is 9.73 Å². The molecule has 0 bridgehead atoms. The number of hydrogen-bond acceptors (Lipinski definition) is 2. The third-order valence-electron chi connectivity index (χ3n) is 2.01. The molecule has 0 amide bonds. The predicted molar refractivity (Wildman–Crippen MR) is 70.2 cm³/mol. The van der Waals surface area contributed by atoms with Crippen molar-refractivity contribution in [3.63, 3.8) is 0 Å². The Morgan fingerprint density at radius 3 is 2.62 bits per heavy atom. The average Bonchev–Trinajstić information content (AvgIpc) is 2.63. The molecular formula is C11H8BrCl2NO. The zero-order valence-electron chi connectivity index (χ0n) is 8.14. The Kier molecular flexibility index (Phi) is 3.79. The fourth-order valence-corrected chi connectivity index (χ4v) is 2.25. The molecule has 0 unspecified atom stereocenters. The Morgan fingerprint density at radius 1 is 1.19 bits per heavy atom. The molecule has 0 saturated heterocycles. The van der Waals surface area contributed by atoms with Crippen molar-refractivity contribution in [1.82, 2.24) is 0 Å². The summed E-state index contributed by atoms with van der Waals surface area (Å²) in [5.41, 5.74) is 0.955. The van der Waals surface area contributed by atoms with Gasteiger partial charge in [0, 0.05) is 15.2 Å². The number of benzene rings is 1. The van der Waals surface area contributed by atoms with Crippen LogP contribution in [0, 0.1) is 0 Å². The number of halogens is 3. The van der Waals surface area contributed by atoms with Gasteiger partial charge in [-0.05, 0) is 57.9 Å². The molecule has 0 atom stereocenters. The standard InChI is InChI=1S/C11H8BrCl2NO/c12-9-5-7(13)1-3-10(9)15-6-8-2-4-11(14)16-8/h1-5,15H,6H2. The van der Waals surface area contributed by atoms with Crippen LogP contribution in [-0.4, -0.2) is 0 Å². The van der Waals surface area contributed by atoms with Crippen molar-refractivity contribution < 1.29 is 4.42 Å². The van der Waals surface area contributed by atoms with Crippen molar-refractivity contribution >= 4 is 44.8 Å². The van der Waals surface area contributed by atoms with Crippen molar-refractivity contribution in [2.45, 2.75) is 6.54 Å². The second-order valence-electron chi connectivity index (χ2n) is 3.18. The molecule has 1 aromatic heterocycles. The summed E-state index contributed by atoms with van der Waals surface area (Å²) in [4.78, 5) is 0. The minimum Gasteiger partial charge on any atom is -0.448 e. The molecule has 16 heavy (non-hydrogen) atoms. The first kappa shape index (κ1) is 11.8. The van der Waals surface area contributed by atoms with Crippen LogP contribution in [0.2, 0.25) is 10.2 Å². The Balaban J connectivity index is 2.04. The normalized spacial score (nSPS) is 10.4. The van der Waals surface area contributed by atoms with Crippen molar-refractivity contribution in [3.05, 3.63) is 50.8 Å². The Hall–Kier alpha value is -0.640. The SMILES string of the molecule is Clc1ccc(NCc2ccc(Cl)o2)c(Br)c1. The molecule has 84 valence electrons. The van der Waals surface area contributed by atoms with Crippen molar-refractivity contribution in [2.24, 2.45) is 0 Å². The predicted octanol–water partition coefficient (Wildman–Crippen LogP) is 4.96. The monoisotopic (exact) mass is 319 g/mol. The second-order valence-corrected chi connectivity index (χ2v) is 4.85. The van der Waals surface area contributed by atoms with Crippen molar-refractivity contribution in [3.8, 4) is 0 Å². The van der Waals surface area contributed by atoms with Gasteiger partial charge in [0.2, 0.25) is 0 Å². The van der Waals surface area contributed by atoms with Crippen LogP contribution in [0.25, 0.3) is 0 Å². The summed E-state index contributed by atoms with van der Waals surface area (Å²) in [5.74, 6) is 0.784. The van der Waals surface area contributed by atoms with Crippen molar-refractivity contribution in [1.29, 1.82) is 0 Å². The molecule has 0 saturated carbocycles. The quantitative estimate of drug-likeness (QED) is 0.864. The van der Waals surface area contributed by atoms with E-state index in [9.17, 15) is 0 Å². The molecule has 0 fully saturated rings. The zero-order chi connectivity index (χ0) is 11.5. The first-order valence-electron chi connectivity index (χ1n) is 4.58. The van der Waals surface area contributed by atoms with Gasteiger partial charge in [-0.3, -0.25) is 0 Å². The van der Waals surface area contributed by atoms with E-state index in [1.165, 1.54) is 0 Å². The van der Waals surface area contributed by atoms with Crippen LogP contribution in [0.3, 0.4) is 0 Å². The van der Waals surface area contributed by atoms with E-state index in [0.29, 0.717) is 16.8 Å². The van der Waals surface area contributed by atoms with Gasteiger partial charge in [-0.2, -0.15) is 0 Å². The summed E-state index contributed by atoms with van der Waals surface area (Å²) in [5, 5.41) is 4.30. The lowest BCUT2D eigenvalue weighted by Gasteiger charge is -2.06. The molecule has 1 aromatic carbocycles. The van der Waals surface area contributed by atoms with Crippen LogP contribution in [0.15, 0.2) is 39.2 Å². The van der Waals surface area contributed by atoms with Gasteiger partial charge in [-0.1, -0.05) is 11.6 Å². The number of rotatable bonds is 3. The maximum Gasteiger partial charge on any atom is 0.193 e. The van der Waals surface area contributed by atoms with Gasteiger partial charge in [0.25, 0.3) is 0 Å². The maximum absolute atomic E-state index is 5.84. The lowest BCUT2D eigenvalue weighted by molar-refractivity contribution is 0.520. The molecule has 2 rings (SSSR count). The van der Waals surface area contributed by atoms with Crippen LogP contribution in [-0.2, 0) is 6.54 Å². The lowest BCUT2D eigenvalue weighted by atomic mass is 10.3. The zero-order valence-corrected chi connectivity index (χ0v) is 11.2. The molecular weight excluding hydrogens is 313 g/mol. The van der Waals surface area contributed by atoms with Crippen LogP contribution in [0.4, 0.5) is 5.69 Å².